The summed E-state index contributed by atoms with van der Waals surface area (Å²) in [5.74, 6) is -0.175. The highest BCUT2D eigenvalue weighted by Gasteiger charge is 2.36. The third-order valence-corrected chi connectivity index (χ3v) is 3.35. The third kappa shape index (κ3) is 1.29. The fourth-order valence-electron chi connectivity index (χ4n) is 2.58. The lowest BCUT2D eigenvalue weighted by Gasteiger charge is -2.23. The molecule has 3 nitrogen and oxygen atoms in total. The molecular weight excluding hydrogens is 207 g/mol. The summed E-state index contributed by atoms with van der Waals surface area (Å²) in [5.41, 5.74) is 1.58. The number of nitrogens with one attached hydrogen (secondary N) is 1. The predicted molar refractivity (Wildman–Crippen MR) is 58.9 cm³/mol. The van der Waals surface area contributed by atoms with E-state index < -0.39 is 0 Å². The van der Waals surface area contributed by atoms with E-state index in [-0.39, 0.29) is 17.8 Å². The summed E-state index contributed by atoms with van der Waals surface area (Å²) in [5, 5.41) is 2.87. The van der Waals surface area contributed by atoms with Crippen LogP contribution >= 0.6 is 0 Å². The Bertz CT molecular complexity index is 447. The van der Waals surface area contributed by atoms with Crippen LogP contribution in [0.3, 0.4) is 0 Å². The summed E-state index contributed by atoms with van der Waals surface area (Å²) in [6.45, 7) is 1.54. The first-order chi connectivity index (χ1) is 7.77. The van der Waals surface area contributed by atoms with Crippen LogP contribution in [0.15, 0.2) is 18.2 Å². The van der Waals surface area contributed by atoms with Crippen molar-refractivity contribution in [3.8, 4) is 0 Å². The van der Waals surface area contributed by atoms with Crippen LogP contribution in [0.25, 0.3) is 0 Å². The maximum Gasteiger partial charge on any atom is 0.243 e. The maximum absolute atomic E-state index is 13.6. The standard InChI is InChI=1S/C12H13FN2O/c13-9-3-1-4-10-8(9)7-11-12(16)14-5-2-6-15(10)11/h1,3-4,11H,2,5-7H2,(H,14,16). The summed E-state index contributed by atoms with van der Waals surface area (Å²) in [6, 6.07) is 4.86. The van der Waals surface area contributed by atoms with Crippen molar-refractivity contribution in [2.45, 2.75) is 18.9 Å². The van der Waals surface area contributed by atoms with Gasteiger partial charge in [0, 0.05) is 30.8 Å². The van der Waals surface area contributed by atoms with Gasteiger partial charge in [0.25, 0.3) is 0 Å². The molecule has 0 aliphatic carbocycles. The number of carbonyl (C=O) groups excluding carboxylic acids is 1. The zero-order chi connectivity index (χ0) is 11.1. The molecule has 84 valence electrons. The molecule has 2 aliphatic heterocycles. The lowest BCUT2D eigenvalue weighted by atomic mass is 10.1. The number of nitrogens with zero attached hydrogens (tertiary/aromatic N) is 1. The zero-order valence-electron chi connectivity index (χ0n) is 8.87. The minimum atomic E-state index is -0.214. The van der Waals surface area contributed by atoms with Gasteiger partial charge in [0.05, 0.1) is 0 Å². The van der Waals surface area contributed by atoms with Crippen LogP contribution in [0, 0.1) is 5.82 Å². The van der Waals surface area contributed by atoms with Gasteiger partial charge in [-0.1, -0.05) is 6.07 Å². The van der Waals surface area contributed by atoms with Crippen molar-refractivity contribution in [2.24, 2.45) is 0 Å². The average molecular weight is 220 g/mol. The molecule has 0 aromatic heterocycles. The van der Waals surface area contributed by atoms with Crippen LogP contribution in [0.4, 0.5) is 10.1 Å². The number of benzene rings is 1. The third-order valence-electron chi connectivity index (χ3n) is 3.35. The number of rotatable bonds is 0. The first kappa shape index (κ1) is 9.63. The van der Waals surface area contributed by atoms with Crippen molar-refractivity contribution in [3.63, 3.8) is 0 Å². The van der Waals surface area contributed by atoms with Gasteiger partial charge in [-0.3, -0.25) is 4.79 Å². The number of carbonyl (C=O) groups is 1. The molecule has 1 aromatic carbocycles. The van der Waals surface area contributed by atoms with E-state index in [4.69, 9.17) is 0 Å². The minimum Gasteiger partial charge on any atom is -0.359 e. The number of anilines is 1. The summed E-state index contributed by atoms with van der Waals surface area (Å²) in [6.07, 6.45) is 1.41. The lowest BCUT2D eigenvalue weighted by molar-refractivity contribution is -0.121. The number of fused-ring (bicyclic) bond motifs is 3. The highest BCUT2D eigenvalue weighted by Crippen LogP contribution is 2.34. The molecule has 1 saturated heterocycles. The van der Waals surface area contributed by atoms with Crippen molar-refractivity contribution < 1.29 is 9.18 Å². The second kappa shape index (κ2) is 3.47. The van der Waals surface area contributed by atoms with Gasteiger partial charge < -0.3 is 10.2 Å². The van der Waals surface area contributed by atoms with Crippen LogP contribution in [0.1, 0.15) is 12.0 Å². The molecule has 1 N–H and O–H groups in total. The van der Waals surface area contributed by atoms with Crippen molar-refractivity contribution in [3.05, 3.63) is 29.6 Å². The Labute approximate surface area is 93.2 Å². The van der Waals surface area contributed by atoms with E-state index >= 15 is 0 Å². The molecule has 0 bridgehead atoms. The molecule has 0 saturated carbocycles. The zero-order valence-corrected chi connectivity index (χ0v) is 8.87. The topological polar surface area (TPSA) is 32.3 Å². The minimum absolute atomic E-state index is 0.0214. The van der Waals surface area contributed by atoms with E-state index in [0.717, 1.165) is 25.2 Å². The van der Waals surface area contributed by atoms with E-state index in [1.54, 1.807) is 6.07 Å². The number of halogens is 1. The van der Waals surface area contributed by atoms with Crippen molar-refractivity contribution in [1.29, 1.82) is 0 Å². The Balaban J connectivity index is 2.05. The summed E-state index contributed by atoms with van der Waals surface area (Å²) >= 11 is 0. The Morgan fingerprint density at radius 3 is 3.19 bits per heavy atom. The quantitative estimate of drug-likeness (QED) is 0.709. The van der Waals surface area contributed by atoms with Gasteiger partial charge in [0.1, 0.15) is 11.9 Å². The number of hydrogen-bond donors (Lipinski definition) is 1. The second-order valence-electron chi connectivity index (χ2n) is 4.30. The van der Waals surface area contributed by atoms with Crippen molar-refractivity contribution in [1.82, 2.24) is 5.32 Å². The normalized spacial score (nSPS) is 23.4. The van der Waals surface area contributed by atoms with Crippen molar-refractivity contribution in [2.75, 3.05) is 18.0 Å². The lowest BCUT2D eigenvalue weighted by Crippen LogP contribution is -2.42. The first-order valence-electron chi connectivity index (χ1n) is 5.59. The van der Waals surface area contributed by atoms with E-state index in [2.05, 4.69) is 5.32 Å². The average Bonchev–Trinajstić information content (AvgIpc) is 2.55. The Morgan fingerprint density at radius 2 is 2.31 bits per heavy atom. The predicted octanol–water partition coefficient (Wildman–Crippen LogP) is 1.08. The fourth-order valence-corrected chi connectivity index (χ4v) is 2.58. The molecule has 4 heteroatoms. The highest BCUT2D eigenvalue weighted by molar-refractivity contribution is 5.88. The molecule has 3 rings (SSSR count). The molecule has 0 radical (unpaired) electrons. The second-order valence-corrected chi connectivity index (χ2v) is 4.30. The van der Waals surface area contributed by atoms with E-state index in [1.165, 1.54) is 6.07 Å². The van der Waals surface area contributed by atoms with Crippen LogP contribution in [0.2, 0.25) is 0 Å². The Hall–Kier alpha value is -1.58. The van der Waals surface area contributed by atoms with Gasteiger partial charge in [0.15, 0.2) is 0 Å². The van der Waals surface area contributed by atoms with Crippen LogP contribution in [0.5, 0.6) is 0 Å². The van der Waals surface area contributed by atoms with Crippen LogP contribution in [-0.4, -0.2) is 25.0 Å². The summed E-state index contributed by atoms with van der Waals surface area (Å²) < 4.78 is 13.6. The summed E-state index contributed by atoms with van der Waals surface area (Å²) in [7, 11) is 0. The maximum atomic E-state index is 13.6. The Morgan fingerprint density at radius 1 is 1.44 bits per heavy atom. The molecule has 1 atom stereocenters. The van der Waals surface area contributed by atoms with Gasteiger partial charge in [-0.15, -0.1) is 0 Å². The van der Waals surface area contributed by atoms with Gasteiger partial charge in [-0.2, -0.15) is 0 Å². The van der Waals surface area contributed by atoms with Crippen LogP contribution in [-0.2, 0) is 11.2 Å². The van der Waals surface area contributed by atoms with Crippen LogP contribution < -0.4 is 10.2 Å². The number of hydrogen-bond acceptors (Lipinski definition) is 2. The largest absolute Gasteiger partial charge is 0.359 e. The monoisotopic (exact) mass is 220 g/mol. The SMILES string of the molecule is O=C1NCCCN2c3cccc(F)c3CC12. The van der Waals surface area contributed by atoms with Gasteiger partial charge in [0.2, 0.25) is 5.91 Å². The molecule has 16 heavy (non-hydrogen) atoms. The van der Waals surface area contributed by atoms with Crippen molar-refractivity contribution >= 4 is 11.6 Å². The smallest absolute Gasteiger partial charge is 0.243 e. The summed E-state index contributed by atoms with van der Waals surface area (Å²) in [4.78, 5) is 13.8. The van der Waals surface area contributed by atoms with Gasteiger partial charge in [-0.25, -0.2) is 4.39 Å². The molecule has 1 aromatic rings. The van der Waals surface area contributed by atoms with E-state index in [9.17, 15) is 9.18 Å². The highest BCUT2D eigenvalue weighted by atomic mass is 19.1. The molecule has 2 aliphatic rings. The molecule has 1 amide bonds. The molecule has 0 spiro atoms. The van der Waals surface area contributed by atoms with E-state index in [1.807, 2.05) is 11.0 Å². The first-order valence-corrected chi connectivity index (χ1v) is 5.59. The molecule has 1 fully saturated rings. The molecular formula is C12H13FN2O. The van der Waals surface area contributed by atoms with Gasteiger partial charge in [-0.05, 0) is 18.6 Å². The van der Waals surface area contributed by atoms with E-state index in [0.29, 0.717) is 12.0 Å². The number of amides is 1. The fraction of sp³-hybridized carbons (Fsp3) is 0.417. The molecule has 2 heterocycles. The van der Waals surface area contributed by atoms with Gasteiger partial charge >= 0.3 is 0 Å². The Kier molecular flexibility index (Phi) is 2.09. The molecule has 1 unspecified atom stereocenters.